The van der Waals surface area contributed by atoms with Crippen molar-refractivity contribution in [2.75, 3.05) is 13.7 Å². The molecule has 0 amide bonds. The highest BCUT2D eigenvalue weighted by molar-refractivity contribution is 7.89. The number of hydrogen-bond acceptors (Lipinski definition) is 5. The minimum Gasteiger partial charge on any atom is -0.447 e. The average molecular weight is 318 g/mol. The number of nitrogens with one attached hydrogen (secondary N) is 2. The number of furan rings is 1. The SMILES string of the molecule is CCCC(COC)NS(=O)(=O)c1ccc(CNC(C)C)o1. The Morgan fingerprint density at radius 2 is 2.05 bits per heavy atom. The minimum absolute atomic E-state index is 0.0553. The van der Waals surface area contributed by atoms with Crippen LogP contribution < -0.4 is 10.0 Å². The fourth-order valence-electron chi connectivity index (χ4n) is 1.91. The molecular formula is C14H26N2O4S. The standard InChI is InChI=1S/C14H26N2O4S/c1-5-6-12(10-19-4)16-21(17,18)14-8-7-13(20-14)9-15-11(2)3/h7-8,11-12,15-16H,5-6,9-10H2,1-4H3. The molecule has 0 saturated heterocycles. The van der Waals surface area contributed by atoms with E-state index in [2.05, 4.69) is 10.0 Å². The maximum atomic E-state index is 12.3. The van der Waals surface area contributed by atoms with Gasteiger partial charge in [-0.05, 0) is 18.6 Å². The van der Waals surface area contributed by atoms with Crippen molar-refractivity contribution in [1.82, 2.24) is 10.0 Å². The fourth-order valence-corrected chi connectivity index (χ4v) is 3.11. The van der Waals surface area contributed by atoms with Gasteiger partial charge in [-0.3, -0.25) is 0 Å². The lowest BCUT2D eigenvalue weighted by Crippen LogP contribution is -2.37. The topological polar surface area (TPSA) is 80.6 Å². The third-order valence-electron chi connectivity index (χ3n) is 2.91. The molecule has 1 aromatic rings. The van der Waals surface area contributed by atoms with Crippen LogP contribution in [0.5, 0.6) is 0 Å². The minimum atomic E-state index is -3.65. The Hall–Kier alpha value is -0.890. The zero-order valence-electron chi connectivity index (χ0n) is 13.2. The van der Waals surface area contributed by atoms with Crippen molar-refractivity contribution in [2.24, 2.45) is 0 Å². The highest BCUT2D eigenvalue weighted by atomic mass is 32.2. The van der Waals surface area contributed by atoms with Crippen molar-refractivity contribution in [3.8, 4) is 0 Å². The Labute approximate surface area is 127 Å². The van der Waals surface area contributed by atoms with Crippen LogP contribution in [-0.2, 0) is 21.3 Å². The molecule has 0 radical (unpaired) electrons. The normalized spacial score (nSPS) is 13.8. The maximum Gasteiger partial charge on any atom is 0.274 e. The summed E-state index contributed by atoms with van der Waals surface area (Å²) in [5.41, 5.74) is 0. The van der Waals surface area contributed by atoms with Gasteiger partial charge in [-0.25, -0.2) is 13.1 Å². The first-order valence-electron chi connectivity index (χ1n) is 7.22. The second-order valence-electron chi connectivity index (χ2n) is 5.32. The summed E-state index contributed by atoms with van der Waals surface area (Å²) < 4.78 is 37.6. The molecule has 1 heterocycles. The summed E-state index contributed by atoms with van der Waals surface area (Å²) in [6.07, 6.45) is 1.59. The van der Waals surface area contributed by atoms with E-state index in [4.69, 9.17) is 9.15 Å². The van der Waals surface area contributed by atoms with Crippen LogP contribution >= 0.6 is 0 Å². The van der Waals surface area contributed by atoms with E-state index in [1.54, 1.807) is 13.2 Å². The molecule has 1 atom stereocenters. The monoisotopic (exact) mass is 318 g/mol. The lowest BCUT2D eigenvalue weighted by molar-refractivity contribution is 0.170. The Bertz CT molecular complexity index is 505. The smallest absolute Gasteiger partial charge is 0.274 e. The summed E-state index contributed by atoms with van der Waals surface area (Å²) in [5.74, 6) is 0.600. The molecule has 7 heteroatoms. The summed E-state index contributed by atoms with van der Waals surface area (Å²) in [5, 5.41) is 3.12. The van der Waals surface area contributed by atoms with Gasteiger partial charge in [0.25, 0.3) is 10.0 Å². The van der Waals surface area contributed by atoms with Crippen molar-refractivity contribution in [3.05, 3.63) is 17.9 Å². The summed E-state index contributed by atoms with van der Waals surface area (Å²) in [4.78, 5) is 0. The molecule has 0 spiro atoms. The van der Waals surface area contributed by atoms with Crippen LogP contribution in [-0.4, -0.2) is 34.2 Å². The predicted octanol–water partition coefficient (Wildman–Crippen LogP) is 1.87. The van der Waals surface area contributed by atoms with Crippen LogP contribution in [0, 0.1) is 0 Å². The lowest BCUT2D eigenvalue weighted by atomic mass is 10.2. The van der Waals surface area contributed by atoms with Gasteiger partial charge < -0.3 is 14.5 Å². The lowest BCUT2D eigenvalue weighted by Gasteiger charge is -2.16. The first kappa shape index (κ1) is 18.2. The average Bonchev–Trinajstić information content (AvgIpc) is 2.86. The van der Waals surface area contributed by atoms with E-state index >= 15 is 0 Å². The van der Waals surface area contributed by atoms with E-state index in [1.165, 1.54) is 6.07 Å². The van der Waals surface area contributed by atoms with E-state index in [0.29, 0.717) is 25.0 Å². The van der Waals surface area contributed by atoms with Gasteiger partial charge in [0.2, 0.25) is 5.09 Å². The molecule has 0 aliphatic heterocycles. The predicted molar refractivity (Wildman–Crippen MR) is 81.6 cm³/mol. The Balaban J connectivity index is 2.73. The van der Waals surface area contributed by atoms with Crippen LogP contribution in [0.25, 0.3) is 0 Å². The highest BCUT2D eigenvalue weighted by Gasteiger charge is 2.23. The maximum absolute atomic E-state index is 12.3. The third-order valence-corrected chi connectivity index (χ3v) is 4.31. The molecular weight excluding hydrogens is 292 g/mol. The van der Waals surface area contributed by atoms with E-state index in [-0.39, 0.29) is 11.1 Å². The van der Waals surface area contributed by atoms with Gasteiger partial charge in [-0.1, -0.05) is 27.2 Å². The quantitative estimate of drug-likeness (QED) is 0.688. The number of hydrogen-bond donors (Lipinski definition) is 2. The molecule has 21 heavy (non-hydrogen) atoms. The van der Waals surface area contributed by atoms with Crippen LogP contribution in [0.1, 0.15) is 39.4 Å². The second-order valence-corrected chi connectivity index (χ2v) is 6.96. The molecule has 122 valence electrons. The van der Waals surface area contributed by atoms with Gasteiger partial charge in [0.05, 0.1) is 13.2 Å². The molecule has 0 saturated carbocycles. The highest BCUT2D eigenvalue weighted by Crippen LogP contribution is 2.15. The third kappa shape index (κ3) is 6.17. The molecule has 2 N–H and O–H groups in total. The molecule has 1 aromatic heterocycles. The van der Waals surface area contributed by atoms with Crippen LogP contribution in [0.2, 0.25) is 0 Å². The van der Waals surface area contributed by atoms with Crippen LogP contribution in [0.3, 0.4) is 0 Å². The van der Waals surface area contributed by atoms with Crippen molar-refractivity contribution in [1.29, 1.82) is 0 Å². The summed E-state index contributed by atoms with van der Waals surface area (Å²) in [6, 6.07) is 3.22. The first-order chi connectivity index (χ1) is 9.89. The number of sulfonamides is 1. The molecule has 6 nitrogen and oxygen atoms in total. The molecule has 0 fully saturated rings. The van der Waals surface area contributed by atoms with E-state index in [9.17, 15) is 8.42 Å². The van der Waals surface area contributed by atoms with Gasteiger partial charge in [0.15, 0.2) is 0 Å². The van der Waals surface area contributed by atoms with Crippen molar-refractivity contribution >= 4 is 10.0 Å². The fraction of sp³-hybridized carbons (Fsp3) is 0.714. The molecule has 1 rings (SSSR count). The van der Waals surface area contributed by atoms with Crippen molar-refractivity contribution in [3.63, 3.8) is 0 Å². The number of methoxy groups -OCH3 is 1. The first-order valence-corrected chi connectivity index (χ1v) is 8.70. The van der Waals surface area contributed by atoms with Gasteiger partial charge >= 0.3 is 0 Å². The van der Waals surface area contributed by atoms with Gasteiger partial charge in [-0.15, -0.1) is 0 Å². The Kier molecular flexibility index (Phi) is 7.37. The van der Waals surface area contributed by atoms with Gasteiger partial charge in [0.1, 0.15) is 5.76 Å². The summed E-state index contributed by atoms with van der Waals surface area (Å²) in [7, 11) is -2.09. The number of rotatable bonds is 10. The zero-order valence-corrected chi connectivity index (χ0v) is 14.0. The van der Waals surface area contributed by atoms with Crippen LogP contribution in [0.4, 0.5) is 0 Å². The van der Waals surface area contributed by atoms with Crippen molar-refractivity contribution in [2.45, 2.75) is 57.3 Å². The summed E-state index contributed by atoms with van der Waals surface area (Å²) >= 11 is 0. The second kappa shape index (κ2) is 8.53. The number of ether oxygens (including phenoxy) is 1. The van der Waals surface area contributed by atoms with Crippen LogP contribution in [0.15, 0.2) is 21.6 Å². The molecule has 0 aliphatic carbocycles. The van der Waals surface area contributed by atoms with Crippen molar-refractivity contribution < 1.29 is 17.6 Å². The van der Waals surface area contributed by atoms with E-state index in [1.807, 2.05) is 20.8 Å². The molecule has 0 aliphatic rings. The molecule has 0 aromatic carbocycles. The zero-order chi connectivity index (χ0) is 15.9. The summed E-state index contributed by atoms with van der Waals surface area (Å²) in [6.45, 7) is 6.88. The van der Waals surface area contributed by atoms with Gasteiger partial charge in [0, 0.05) is 19.2 Å². The Morgan fingerprint density at radius 1 is 1.33 bits per heavy atom. The van der Waals surface area contributed by atoms with E-state index in [0.717, 1.165) is 12.8 Å². The van der Waals surface area contributed by atoms with Gasteiger partial charge in [-0.2, -0.15) is 0 Å². The Morgan fingerprint density at radius 3 is 2.62 bits per heavy atom. The molecule has 0 bridgehead atoms. The molecule has 1 unspecified atom stereocenters. The van der Waals surface area contributed by atoms with E-state index < -0.39 is 10.0 Å². The largest absolute Gasteiger partial charge is 0.447 e.